The van der Waals surface area contributed by atoms with Gasteiger partial charge >= 0.3 is 0 Å². The van der Waals surface area contributed by atoms with Gasteiger partial charge in [0.25, 0.3) is 0 Å². The lowest BCUT2D eigenvalue weighted by molar-refractivity contribution is -0.119. The third-order valence-electron chi connectivity index (χ3n) is 4.25. The Balaban J connectivity index is 1.62. The van der Waals surface area contributed by atoms with Crippen molar-refractivity contribution in [3.63, 3.8) is 0 Å². The molecular weight excluding hydrogens is 268 g/mol. The van der Waals surface area contributed by atoms with Crippen LogP contribution in [-0.4, -0.2) is 48.2 Å². The van der Waals surface area contributed by atoms with E-state index in [0.29, 0.717) is 12.0 Å². The van der Waals surface area contributed by atoms with E-state index in [-0.39, 0.29) is 5.91 Å². The van der Waals surface area contributed by atoms with E-state index in [4.69, 9.17) is 4.74 Å². The van der Waals surface area contributed by atoms with Crippen LogP contribution in [0.5, 0.6) is 0 Å². The number of aromatic nitrogens is 2. The van der Waals surface area contributed by atoms with Crippen molar-refractivity contribution in [1.82, 2.24) is 15.3 Å². The molecule has 2 aliphatic rings. The van der Waals surface area contributed by atoms with Crippen molar-refractivity contribution >= 4 is 11.7 Å². The molecule has 2 saturated heterocycles. The van der Waals surface area contributed by atoms with Crippen LogP contribution in [-0.2, 0) is 9.53 Å². The number of carbonyl (C=O) groups excluding carboxylic acids is 1. The van der Waals surface area contributed by atoms with Gasteiger partial charge in [0.15, 0.2) is 0 Å². The van der Waals surface area contributed by atoms with E-state index in [1.807, 2.05) is 0 Å². The van der Waals surface area contributed by atoms with Gasteiger partial charge in [-0.15, -0.1) is 0 Å². The van der Waals surface area contributed by atoms with Crippen LogP contribution in [0.15, 0.2) is 12.4 Å². The lowest BCUT2D eigenvalue weighted by atomic mass is 10.0. The zero-order valence-corrected chi connectivity index (χ0v) is 12.4. The summed E-state index contributed by atoms with van der Waals surface area (Å²) in [6.45, 7) is 5.01. The highest BCUT2D eigenvalue weighted by Crippen LogP contribution is 2.26. The monoisotopic (exact) mass is 290 g/mol. The van der Waals surface area contributed by atoms with E-state index < -0.39 is 0 Å². The summed E-state index contributed by atoms with van der Waals surface area (Å²) in [5.74, 6) is 1.45. The molecule has 1 aromatic rings. The predicted octanol–water partition coefficient (Wildman–Crippen LogP) is 1.09. The lowest BCUT2D eigenvalue weighted by Gasteiger charge is -2.33. The Bertz CT molecular complexity index is 494. The van der Waals surface area contributed by atoms with E-state index >= 15 is 0 Å². The Labute approximate surface area is 124 Å². The van der Waals surface area contributed by atoms with Gasteiger partial charge < -0.3 is 15.0 Å². The van der Waals surface area contributed by atoms with Crippen LogP contribution in [0.3, 0.4) is 0 Å². The number of rotatable bonds is 3. The molecule has 6 heteroatoms. The van der Waals surface area contributed by atoms with Crippen LogP contribution >= 0.6 is 0 Å². The fraction of sp³-hybridized carbons (Fsp3) is 0.667. The van der Waals surface area contributed by atoms with E-state index in [1.54, 1.807) is 13.3 Å². The van der Waals surface area contributed by atoms with Crippen molar-refractivity contribution in [2.45, 2.75) is 38.1 Å². The maximum Gasteiger partial charge on any atom is 0.217 e. The van der Waals surface area contributed by atoms with E-state index in [9.17, 15) is 4.79 Å². The maximum absolute atomic E-state index is 11.1. The highest BCUT2D eigenvalue weighted by Gasteiger charge is 2.23. The summed E-state index contributed by atoms with van der Waals surface area (Å²) in [6.07, 6.45) is 4.63. The quantitative estimate of drug-likeness (QED) is 0.902. The van der Waals surface area contributed by atoms with Crippen molar-refractivity contribution in [1.29, 1.82) is 0 Å². The Kier molecular flexibility index (Phi) is 4.34. The molecule has 1 atom stereocenters. The molecule has 0 radical (unpaired) electrons. The van der Waals surface area contributed by atoms with Crippen molar-refractivity contribution < 1.29 is 9.53 Å². The summed E-state index contributed by atoms with van der Waals surface area (Å²) in [4.78, 5) is 22.2. The smallest absolute Gasteiger partial charge is 0.217 e. The Hall–Kier alpha value is -1.69. The summed E-state index contributed by atoms with van der Waals surface area (Å²) < 4.78 is 5.43. The molecule has 21 heavy (non-hydrogen) atoms. The van der Waals surface area contributed by atoms with Crippen LogP contribution in [0.1, 0.15) is 37.8 Å². The van der Waals surface area contributed by atoms with E-state index in [2.05, 4.69) is 26.3 Å². The molecule has 1 amide bonds. The summed E-state index contributed by atoms with van der Waals surface area (Å²) in [5.41, 5.74) is 1.08. The average Bonchev–Trinajstić information content (AvgIpc) is 3.02. The molecule has 2 aliphatic heterocycles. The molecule has 0 unspecified atom stereocenters. The highest BCUT2D eigenvalue weighted by atomic mass is 16.5. The second-order valence-electron chi connectivity index (χ2n) is 5.82. The minimum atomic E-state index is 0.0546. The number of ether oxygens (including phenoxy) is 1. The average molecular weight is 290 g/mol. The summed E-state index contributed by atoms with van der Waals surface area (Å²) in [6, 6.07) is 2.39. The second kappa shape index (κ2) is 6.39. The van der Waals surface area contributed by atoms with Gasteiger partial charge in [0.2, 0.25) is 5.91 Å². The number of amides is 1. The molecule has 0 bridgehead atoms. The fourth-order valence-electron chi connectivity index (χ4n) is 3.07. The first kappa shape index (κ1) is 14.3. The molecule has 1 N–H and O–H groups in total. The van der Waals surface area contributed by atoms with Crippen molar-refractivity contribution in [2.75, 3.05) is 31.2 Å². The Morgan fingerprint density at radius 3 is 2.81 bits per heavy atom. The van der Waals surface area contributed by atoms with Gasteiger partial charge in [-0.25, -0.2) is 9.97 Å². The van der Waals surface area contributed by atoms with Crippen molar-refractivity contribution in [3.05, 3.63) is 18.1 Å². The van der Waals surface area contributed by atoms with Gasteiger partial charge in [-0.3, -0.25) is 4.79 Å². The largest absolute Gasteiger partial charge is 0.381 e. The van der Waals surface area contributed by atoms with E-state index in [0.717, 1.165) is 57.1 Å². The van der Waals surface area contributed by atoms with E-state index in [1.165, 1.54) is 0 Å². The third kappa shape index (κ3) is 3.50. The minimum Gasteiger partial charge on any atom is -0.381 e. The lowest BCUT2D eigenvalue weighted by Crippen LogP contribution is -2.44. The molecule has 3 rings (SSSR count). The summed E-state index contributed by atoms with van der Waals surface area (Å²) in [5, 5.41) is 2.99. The first-order valence-electron chi connectivity index (χ1n) is 7.64. The van der Waals surface area contributed by atoms with Crippen LogP contribution < -0.4 is 10.2 Å². The zero-order chi connectivity index (χ0) is 14.7. The second-order valence-corrected chi connectivity index (χ2v) is 5.82. The first-order valence-corrected chi connectivity index (χ1v) is 7.64. The predicted molar refractivity (Wildman–Crippen MR) is 79.3 cm³/mol. The first-order chi connectivity index (χ1) is 10.2. The molecule has 1 aromatic heterocycles. The number of piperidine rings is 1. The number of carbonyl (C=O) groups is 1. The number of nitrogens with zero attached hydrogens (tertiary/aromatic N) is 3. The highest BCUT2D eigenvalue weighted by molar-refractivity contribution is 5.73. The fourth-order valence-corrected chi connectivity index (χ4v) is 3.07. The molecule has 114 valence electrons. The number of hydrogen-bond acceptors (Lipinski definition) is 5. The molecule has 2 fully saturated rings. The van der Waals surface area contributed by atoms with Crippen molar-refractivity contribution in [3.8, 4) is 0 Å². The van der Waals surface area contributed by atoms with Gasteiger partial charge in [-0.1, -0.05) is 0 Å². The van der Waals surface area contributed by atoms with Gasteiger partial charge in [0.1, 0.15) is 12.1 Å². The number of anilines is 1. The van der Waals surface area contributed by atoms with Gasteiger partial charge in [-0.2, -0.15) is 0 Å². The van der Waals surface area contributed by atoms with Gasteiger partial charge in [-0.05, 0) is 19.3 Å². The molecule has 3 heterocycles. The maximum atomic E-state index is 11.1. The standard InChI is InChI=1S/C15H22N4O2/c1-11(20)18-13-2-5-19(6-3-13)15-8-14(16-10-17-15)12-4-7-21-9-12/h8,10,12-13H,2-7,9H2,1H3,(H,18,20)/t12-/m1/s1. The Morgan fingerprint density at radius 1 is 1.33 bits per heavy atom. The third-order valence-corrected chi connectivity index (χ3v) is 4.25. The Morgan fingerprint density at radius 2 is 2.14 bits per heavy atom. The normalized spacial score (nSPS) is 23.3. The molecule has 0 aliphatic carbocycles. The zero-order valence-electron chi connectivity index (χ0n) is 12.4. The molecular formula is C15H22N4O2. The van der Waals surface area contributed by atoms with Crippen molar-refractivity contribution in [2.24, 2.45) is 0 Å². The molecule has 6 nitrogen and oxygen atoms in total. The van der Waals surface area contributed by atoms with Crippen LogP contribution in [0.25, 0.3) is 0 Å². The van der Waals surface area contributed by atoms with Crippen LogP contribution in [0.4, 0.5) is 5.82 Å². The van der Waals surface area contributed by atoms with Gasteiger partial charge in [0, 0.05) is 44.6 Å². The van der Waals surface area contributed by atoms with Crippen LogP contribution in [0, 0.1) is 0 Å². The number of nitrogens with one attached hydrogen (secondary N) is 1. The minimum absolute atomic E-state index is 0.0546. The topological polar surface area (TPSA) is 67.4 Å². The number of hydrogen-bond donors (Lipinski definition) is 1. The summed E-state index contributed by atoms with van der Waals surface area (Å²) in [7, 11) is 0. The molecule has 0 aromatic carbocycles. The molecule has 0 saturated carbocycles. The van der Waals surface area contributed by atoms with Crippen LogP contribution in [0.2, 0.25) is 0 Å². The van der Waals surface area contributed by atoms with Gasteiger partial charge in [0.05, 0.1) is 12.3 Å². The SMILES string of the molecule is CC(=O)NC1CCN(c2cc([C@@H]3CCOC3)ncn2)CC1. The molecule has 0 spiro atoms. The summed E-state index contributed by atoms with van der Waals surface area (Å²) >= 11 is 0.